The monoisotopic (exact) mass is 236 g/mol. The van der Waals surface area contributed by atoms with E-state index in [1.165, 1.54) is 0 Å². The van der Waals surface area contributed by atoms with E-state index in [2.05, 4.69) is 17.6 Å². The van der Waals surface area contributed by atoms with Gasteiger partial charge in [-0.3, -0.25) is 4.79 Å². The maximum Gasteiger partial charge on any atom is 0.225 e. The standard InChI is InChI=1S/C13H20N2O2/c1-3-9-14-10-8-13(16)15-11-6-4-5-7-12(11)17-2/h4-7,14H,3,8-10H2,1-2H3,(H,15,16). The summed E-state index contributed by atoms with van der Waals surface area (Å²) in [5.41, 5.74) is 0.718. The molecule has 1 aromatic rings. The van der Waals surface area contributed by atoms with Crippen molar-refractivity contribution in [2.45, 2.75) is 19.8 Å². The predicted molar refractivity (Wildman–Crippen MR) is 69.4 cm³/mol. The highest BCUT2D eigenvalue weighted by Gasteiger charge is 2.05. The molecule has 0 bridgehead atoms. The van der Waals surface area contributed by atoms with Crippen molar-refractivity contribution in [2.24, 2.45) is 0 Å². The van der Waals surface area contributed by atoms with Crippen LogP contribution in [0.2, 0.25) is 0 Å². The van der Waals surface area contributed by atoms with E-state index in [-0.39, 0.29) is 5.91 Å². The molecule has 0 unspecified atom stereocenters. The normalized spacial score (nSPS) is 10.0. The predicted octanol–water partition coefficient (Wildman–Crippen LogP) is 2.02. The van der Waals surface area contributed by atoms with Crippen LogP contribution >= 0.6 is 0 Å². The van der Waals surface area contributed by atoms with Gasteiger partial charge < -0.3 is 15.4 Å². The lowest BCUT2D eigenvalue weighted by atomic mass is 10.2. The first-order valence-corrected chi connectivity index (χ1v) is 5.91. The van der Waals surface area contributed by atoms with Crippen molar-refractivity contribution in [1.29, 1.82) is 0 Å². The number of benzene rings is 1. The van der Waals surface area contributed by atoms with E-state index in [0.29, 0.717) is 18.7 Å². The van der Waals surface area contributed by atoms with E-state index >= 15 is 0 Å². The van der Waals surface area contributed by atoms with Crippen LogP contribution in [0.3, 0.4) is 0 Å². The highest BCUT2D eigenvalue weighted by molar-refractivity contribution is 5.92. The van der Waals surface area contributed by atoms with Crippen LogP contribution in [-0.2, 0) is 4.79 Å². The van der Waals surface area contributed by atoms with Gasteiger partial charge in [-0.25, -0.2) is 0 Å². The minimum Gasteiger partial charge on any atom is -0.495 e. The van der Waals surface area contributed by atoms with Crippen LogP contribution in [-0.4, -0.2) is 26.1 Å². The highest BCUT2D eigenvalue weighted by Crippen LogP contribution is 2.22. The van der Waals surface area contributed by atoms with Crippen LogP contribution in [0.5, 0.6) is 5.75 Å². The van der Waals surface area contributed by atoms with E-state index in [1.807, 2.05) is 24.3 Å². The second kappa shape index (κ2) is 7.68. The van der Waals surface area contributed by atoms with Gasteiger partial charge in [0.05, 0.1) is 12.8 Å². The van der Waals surface area contributed by atoms with Crippen molar-refractivity contribution in [3.8, 4) is 5.75 Å². The van der Waals surface area contributed by atoms with Crippen molar-refractivity contribution >= 4 is 11.6 Å². The number of para-hydroxylation sites is 2. The van der Waals surface area contributed by atoms with Crippen LogP contribution < -0.4 is 15.4 Å². The maximum atomic E-state index is 11.6. The molecule has 0 saturated carbocycles. The van der Waals surface area contributed by atoms with Crippen LogP contribution in [0.4, 0.5) is 5.69 Å². The number of carbonyl (C=O) groups is 1. The quantitative estimate of drug-likeness (QED) is 0.712. The fraction of sp³-hybridized carbons (Fsp3) is 0.462. The summed E-state index contributed by atoms with van der Waals surface area (Å²) in [7, 11) is 1.59. The van der Waals surface area contributed by atoms with Crippen LogP contribution in [0.15, 0.2) is 24.3 Å². The van der Waals surface area contributed by atoms with E-state index in [0.717, 1.165) is 18.7 Å². The summed E-state index contributed by atoms with van der Waals surface area (Å²) in [4.78, 5) is 11.6. The number of amides is 1. The molecule has 2 N–H and O–H groups in total. The molecule has 0 aliphatic rings. The lowest BCUT2D eigenvalue weighted by Gasteiger charge is -2.09. The van der Waals surface area contributed by atoms with E-state index < -0.39 is 0 Å². The van der Waals surface area contributed by atoms with Gasteiger partial charge in [0.15, 0.2) is 0 Å². The van der Waals surface area contributed by atoms with Gasteiger partial charge in [0.25, 0.3) is 0 Å². The van der Waals surface area contributed by atoms with Gasteiger partial charge in [0.1, 0.15) is 5.75 Å². The second-order valence-electron chi connectivity index (χ2n) is 3.75. The lowest BCUT2D eigenvalue weighted by Crippen LogP contribution is -2.22. The fourth-order valence-corrected chi connectivity index (χ4v) is 1.46. The first kappa shape index (κ1) is 13.5. The van der Waals surface area contributed by atoms with Crippen molar-refractivity contribution in [3.63, 3.8) is 0 Å². The summed E-state index contributed by atoms with van der Waals surface area (Å²) in [5, 5.41) is 6.02. The van der Waals surface area contributed by atoms with Crippen molar-refractivity contribution < 1.29 is 9.53 Å². The number of carbonyl (C=O) groups excluding carboxylic acids is 1. The summed E-state index contributed by atoms with van der Waals surface area (Å²) in [6, 6.07) is 7.39. The zero-order chi connectivity index (χ0) is 12.5. The SMILES string of the molecule is CCCNCCC(=O)Nc1ccccc1OC. The van der Waals surface area contributed by atoms with Gasteiger partial charge in [-0.1, -0.05) is 19.1 Å². The fourth-order valence-electron chi connectivity index (χ4n) is 1.46. The third-order valence-corrected chi connectivity index (χ3v) is 2.34. The molecule has 0 spiro atoms. The number of nitrogens with one attached hydrogen (secondary N) is 2. The topological polar surface area (TPSA) is 50.4 Å². The first-order valence-electron chi connectivity index (χ1n) is 5.91. The van der Waals surface area contributed by atoms with Crippen LogP contribution in [0.1, 0.15) is 19.8 Å². The minimum absolute atomic E-state index is 0.00176. The van der Waals surface area contributed by atoms with Crippen molar-refractivity contribution in [2.75, 3.05) is 25.5 Å². The Morgan fingerprint density at radius 3 is 2.76 bits per heavy atom. The zero-order valence-electron chi connectivity index (χ0n) is 10.5. The number of hydrogen-bond donors (Lipinski definition) is 2. The van der Waals surface area contributed by atoms with E-state index in [4.69, 9.17) is 4.74 Å². The largest absolute Gasteiger partial charge is 0.495 e. The average Bonchev–Trinajstić information content (AvgIpc) is 2.35. The van der Waals surface area contributed by atoms with Gasteiger partial charge in [-0.05, 0) is 25.1 Å². The number of methoxy groups -OCH3 is 1. The number of ether oxygens (including phenoxy) is 1. The molecule has 1 amide bonds. The third kappa shape index (κ3) is 4.87. The molecular formula is C13H20N2O2. The van der Waals surface area contributed by atoms with Gasteiger partial charge in [-0.2, -0.15) is 0 Å². The maximum absolute atomic E-state index is 11.6. The summed E-state index contributed by atoms with van der Waals surface area (Å²) < 4.78 is 5.16. The molecule has 0 saturated heterocycles. The van der Waals surface area contributed by atoms with Gasteiger partial charge in [0.2, 0.25) is 5.91 Å². The Hall–Kier alpha value is -1.55. The summed E-state index contributed by atoms with van der Waals surface area (Å²) in [6.45, 7) is 3.75. The molecule has 94 valence electrons. The molecule has 0 aromatic heterocycles. The Bertz CT molecular complexity index is 353. The molecule has 4 nitrogen and oxygen atoms in total. The summed E-state index contributed by atoms with van der Waals surface area (Å²) in [6.07, 6.45) is 1.55. The Morgan fingerprint density at radius 2 is 2.06 bits per heavy atom. The minimum atomic E-state index is -0.00176. The first-order chi connectivity index (χ1) is 8.27. The lowest BCUT2D eigenvalue weighted by molar-refractivity contribution is -0.116. The number of hydrogen-bond acceptors (Lipinski definition) is 3. The van der Waals surface area contributed by atoms with E-state index in [9.17, 15) is 4.79 Å². The molecule has 0 heterocycles. The van der Waals surface area contributed by atoms with Gasteiger partial charge in [-0.15, -0.1) is 0 Å². The third-order valence-electron chi connectivity index (χ3n) is 2.34. The zero-order valence-corrected chi connectivity index (χ0v) is 10.5. The summed E-state index contributed by atoms with van der Waals surface area (Å²) in [5.74, 6) is 0.681. The Morgan fingerprint density at radius 1 is 1.29 bits per heavy atom. The Balaban J connectivity index is 2.39. The van der Waals surface area contributed by atoms with Gasteiger partial charge >= 0.3 is 0 Å². The molecular weight excluding hydrogens is 216 g/mol. The molecule has 1 aromatic carbocycles. The molecule has 1 rings (SSSR count). The number of anilines is 1. The smallest absolute Gasteiger partial charge is 0.225 e. The van der Waals surface area contributed by atoms with Gasteiger partial charge in [0, 0.05) is 13.0 Å². The molecule has 17 heavy (non-hydrogen) atoms. The van der Waals surface area contributed by atoms with Crippen molar-refractivity contribution in [3.05, 3.63) is 24.3 Å². The second-order valence-corrected chi connectivity index (χ2v) is 3.75. The molecule has 0 aliphatic carbocycles. The molecule has 0 aliphatic heterocycles. The molecule has 4 heteroatoms. The summed E-state index contributed by atoms with van der Waals surface area (Å²) >= 11 is 0. The van der Waals surface area contributed by atoms with Crippen molar-refractivity contribution in [1.82, 2.24) is 5.32 Å². The van der Waals surface area contributed by atoms with E-state index in [1.54, 1.807) is 7.11 Å². The Kier molecular flexibility index (Phi) is 6.10. The molecule has 0 atom stereocenters. The molecule has 0 radical (unpaired) electrons. The Labute approximate surface area is 102 Å². The number of rotatable bonds is 7. The highest BCUT2D eigenvalue weighted by atomic mass is 16.5. The van der Waals surface area contributed by atoms with Crippen LogP contribution in [0.25, 0.3) is 0 Å². The average molecular weight is 236 g/mol. The van der Waals surface area contributed by atoms with Crippen LogP contribution in [0, 0.1) is 0 Å². The molecule has 0 fully saturated rings.